The van der Waals surface area contributed by atoms with Gasteiger partial charge in [0.25, 0.3) is 0 Å². The van der Waals surface area contributed by atoms with Crippen LogP contribution in [0.3, 0.4) is 0 Å². The summed E-state index contributed by atoms with van der Waals surface area (Å²) in [5, 5.41) is 36.0. The van der Waals surface area contributed by atoms with E-state index in [0.717, 1.165) is 21.9 Å². The number of nitrogens with two attached hydrogens (primary N) is 1. The monoisotopic (exact) mass is 347 g/mol. The van der Waals surface area contributed by atoms with Gasteiger partial charge in [-0.3, -0.25) is 4.79 Å². The van der Waals surface area contributed by atoms with Crippen LogP contribution in [-0.4, -0.2) is 22.3 Å². The first-order valence-corrected chi connectivity index (χ1v) is 7.66. The van der Waals surface area contributed by atoms with Crippen molar-refractivity contribution in [3.63, 3.8) is 0 Å². The van der Waals surface area contributed by atoms with E-state index in [-0.39, 0.29) is 23.5 Å². The van der Waals surface area contributed by atoms with Crippen molar-refractivity contribution in [2.75, 3.05) is 0 Å². The average Bonchev–Trinajstić information content (AvgIpc) is 2.67. The average molecular weight is 347 g/mol. The van der Waals surface area contributed by atoms with Crippen molar-refractivity contribution in [2.24, 2.45) is 5.73 Å². The summed E-state index contributed by atoms with van der Waals surface area (Å²) < 4.78 is 0. The highest BCUT2D eigenvalue weighted by Crippen LogP contribution is 2.21. The van der Waals surface area contributed by atoms with Gasteiger partial charge in [0.1, 0.15) is 11.8 Å². The lowest BCUT2D eigenvalue weighted by Gasteiger charge is -2.05. The highest BCUT2D eigenvalue weighted by atomic mass is 16.3. The predicted molar refractivity (Wildman–Crippen MR) is 99.1 cm³/mol. The van der Waals surface area contributed by atoms with Crippen LogP contribution in [0.4, 0.5) is 0 Å². The number of phenols is 1. The summed E-state index contributed by atoms with van der Waals surface area (Å²) >= 11 is 0. The Balaban J connectivity index is 0.000000190. The number of aromatic hydroxyl groups is 1. The zero-order valence-corrected chi connectivity index (χ0v) is 13.8. The van der Waals surface area contributed by atoms with Crippen molar-refractivity contribution in [3.8, 4) is 11.8 Å². The first-order valence-electron chi connectivity index (χ1n) is 7.66. The van der Waals surface area contributed by atoms with Gasteiger partial charge in [-0.2, -0.15) is 5.26 Å². The molecule has 0 spiro atoms. The summed E-state index contributed by atoms with van der Waals surface area (Å²) in [4.78, 5) is 10.6. The molecule has 6 nitrogen and oxygen atoms in total. The number of hydrogen-bond donors (Lipinski definition) is 4. The molecule has 3 rings (SSSR count). The molecule has 0 bridgehead atoms. The summed E-state index contributed by atoms with van der Waals surface area (Å²) in [6.45, 7) is 0.0405. The Morgan fingerprint density at radius 3 is 2.46 bits per heavy atom. The smallest absolute Gasteiger partial charge is 0.248 e. The van der Waals surface area contributed by atoms with E-state index < -0.39 is 5.91 Å². The van der Waals surface area contributed by atoms with Gasteiger partial charge in [0.05, 0.1) is 12.2 Å². The maximum atomic E-state index is 10.6. The van der Waals surface area contributed by atoms with Gasteiger partial charge in [0, 0.05) is 11.8 Å². The van der Waals surface area contributed by atoms with Gasteiger partial charge in [-0.15, -0.1) is 0 Å². The van der Waals surface area contributed by atoms with Crippen molar-refractivity contribution in [3.05, 3.63) is 76.9 Å². The fraction of sp³-hybridized carbons (Fsp3) is 0.0500. The number of rotatable bonds is 3. The fourth-order valence-corrected chi connectivity index (χ4v) is 2.44. The second-order valence-electron chi connectivity index (χ2n) is 5.37. The predicted octanol–water partition coefficient (Wildman–Crippen LogP) is 2.69. The lowest BCUT2D eigenvalue weighted by Crippen LogP contribution is -2.10. The number of aliphatic hydroxyl groups is 1. The number of aliphatic hydroxyl groups excluding tert-OH is 1. The molecule has 130 valence electrons. The van der Waals surface area contributed by atoms with Crippen LogP contribution in [0.2, 0.25) is 0 Å². The summed E-state index contributed by atoms with van der Waals surface area (Å²) in [6.07, 6.45) is 1.34. The topological polar surface area (TPSA) is 131 Å². The lowest BCUT2D eigenvalue weighted by molar-refractivity contribution is 0.1000. The first kappa shape index (κ1) is 18.6. The van der Waals surface area contributed by atoms with Crippen LogP contribution in [-0.2, 0) is 6.61 Å². The minimum absolute atomic E-state index is 0.0405. The van der Waals surface area contributed by atoms with Gasteiger partial charge in [0.2, 0.25) is 5.91 Å². The largest absolute Gasteiger partial charge is 0.507 e. The van der Waals surface area contributed by atoms with Crippen molar-refractivity contribution < 1.29 is 15.0 Å². The van der Waals surface area contributed by atoms with Gasteiger partial charge in [-0.05, 0) is 40.1 Å². The maximum absolute atomic E-state index is 10.6. The Kier molecular flexibility index (Phi) is 6.04. The molecule has 0 aliphatic heterocycles. The Morgan fingerprint density at radius 2 is 1.85 bits per heavy atom. The van der Waals surface area contributed by atoms with Gasteiger partial charge in [-0.25, -0.2) is 0 Å². The Hall–Kier alpha value is -3.69. The molecule has 5 N–H and O–H groups in total. The van der Waals surface area contributed by atoms with Crippen LogP contribution >= 0.6 is 0 Å². The summed E-state index contributed by atoms with van der Waals surface area (Å²) in [7, 11) is 0. The lowest BCUT2D eigenvalue weighted by atomic mass is 10.0. The molecular formula is C20H17N3O3. The number of carbonyl (C=O) groups is 1. The Labute approximate surface area is 150 Å². The van der Waals surface area contributed by atoms with Gasteiger partial charge in [-0.1, -0.05) is 36.4 Å². The maximum Gasteiger partial charge on any atom is 0.248 e. The van der Waals surface area contributed by atoms with E-state index in [2.05, 4.69) is 0 Å². The molecule has 0 unspecified atom stereocenters. The highest BCUT2D eigenvalue weighted by molar-refractivity contribution is 6.00. The van der Waals surface area contributed by atoms with E-state index in [9.17, 15) is 4.79 Å². The number of amides is 1. The number of phenolic OH excluding ortho intramolecular Hbond substituents is 1. The van der Waals surface area contributed by atoms with E-state index in [1.807, 2.05) is 36.4 Å². The molecule has 3 aromatic rings. The number of hydrogen-bond acceptors (Lipinski definition) is 5. The molecule has 0 saturated heterocycles. The van der Waals surface area contributed by atoms with E-state index in [1.54, 1.807) is 6.07 Å². The van der Waals surface area contributed by atoms with Crippen LogP contribution in [0, 0.1) is 16.7 Å². The number of nitrogens with one attached hydrogen (secondary N) is 1. The summed E-state index contributed by atoms with van der Waals surface area (Å²) in [5.41, 5.74) is 7.01. The molecule has 6 heteroatoms. The second-order valence-corrected chi connectivity index (χ2v) is 5.37. The molecule has 0 saturated carbocycles. The van der Waals surface area contributed by atoms with Crippen molar-refractivity contribution in [2.45, 2.75) is 6.61 Å². The number of nitrogens with zero attached hydrogens (tertiary/aromatic N) is 1. The Morgan fingerprint density at radius 1 is 1.15 bits per heavy atom. The quantitative estimate of drug-likeness (QED) is 0.542. The van der Waals surface area contributed by atoms with Crippen LogP contribution in [0.25, 0.3) is 10.8 Å². The highest BCUT2D eigenvalue weighted by Gasteiger charge is 2.05. The zero-order chi connectivity index (χ0) is 19.1. The third kappa shape index (κ3) is 4.04. The molecule has 26 heavy (non-hydrogen) atoms. The fourth-order valence-electron chi connectivity index (χ4n) is 2.44. The van der Waals surface area contributed by atoms with Gasteiger partial charge < -0.3 is 21.4 Å². The number of nitriles is 1. The molecule has 0 heterocycles. The van der Waals surface area contributed by atoms with E-state index in [0.29, 0.717) is 0 Å². The normalized spacial score (nSPS) is 9.69. The Bertz CT molecular complexity index is 1010. The molecular weight excluding hydrogens is 330 g/mol. The van der Waals surface area contributed by atoms with Crippen LogP contribution in [0.1, 0.15) is 27.0 Å². The number of carbonyl (C=O) groups excluding carboxylic acids is 1. The number of benzene rings is 3. The molecule has 1 amide bonds. The van der Waals surface area contributed by atoms with E-state index >= 15 is 0 Å². The van der Waals surface area contributed by atoms with Gasteiger partial charge in [0.15, 0.2) is 0 Å². The molecule has 0 aliphatic carbocycles. The SMILES string of the molecule is N#Cc1cc(C(N)=O)ccc1O.N=Cc1cccc2c(CO)cccc12. The molecule has 0 aromatic heterocycles. The third-order valence-corrected chi connectivity index (χ3v) is 3.77. The zero-order valence-electron chi connectivity index (χ0n) is 13.8. The van der Waals surface area contributed by atoms with Crippen LogP contribution in [0.5, 0.6) is 5.75 Å². The van der Waals surface area contributed by atoms with Crippen molar-refractivity contribution >= 4 is 22.9 Å². The molecule has 0 fully saturated rings. The van der Waals surface area contributed by atoms with Crippen molar-refractivity contribution in [1.29, 1.82) is 10.7 Å². The molecule has 0 radical (unpaired) electrons. The van der Waals surface area contributed by atoms with Crippen molar-refractivity contribution in [1.82, 2.24) is 0 Å². The molecule has 3 aromatic carbocycles. The molecule has 0 aliphatic rings. The minimum atomic E-state index is -0.619. The third-order valence-electron chi connectivity index (χ3n) is 3.77. The summed E-state index contributed by atoms with van der Waals surface area (Å²) in [6, 6.07) is 17.1. The number of primary amides is 1. The molecule has 0 atom stereocenters. The number of fused-ring (bicyclic) bond motifs is 1. The van der Waals surface area contributed by atoms with Crippen LogP contribution < -0.4 is 5.73 Å². The summed E-state index contributed by atoms with van der Waals surface area (Å²) in [5.74, 6) is -0.769. The minimum Gasteiger partial charge on any atom is -0.507 e. The first-order chi connectivity index (χ1) is 12.5. The van der Waals surface area contributed by atoms with Gasteiger partial charge >= 0.3 is 0 Å². The second kappa shape index (κ2) is 8.42. The van der Waals surface area contributed by atoms with Crippen LogP contribution in [0.15, 0.2) is 54.6 Å². The van der Waals surface area contributed by atoms with E-state index in [4.69, 9.17) is 26.6 Å². The standard InChI is InChI=1S/C12H11NO.C8H6N2O2/c13-7-9-3-1-6-12-10(8-14)4-2-5-11(9)12;9-4-6-3-5(8(10)12)1-2-7(6)11/h1-7,13-14H,8H2;1-3,11H,(H2,10,12). The van der Waals surface area contributed by atoms with E-state index in [1.165, 1.54) is 24.4 Å².